The van der Waals surface area contributed by atoms with Gasteiger partial charge < -0.3 is 9.47 Å². The normalized spacial score (nSPS) is 18.9. The highest BCUT2D eigenvalue weighted by atomic mass is 79.9. The summed E-state index contributed by atoms with van der Waals surface area (Å²) in [6.07, 6.45) is 0.854. The Labute approximate surface area is 111 Å². The van der Waals surface area contributed by atoms with Crippen molar-refractivity contribution in [3.05, 3.63) is 32.5 Å². The maximum atomic E-state index is 13.3. The van der Waals surface area contributed by atoms with Gasteiger partial charge in [-0.05, 0) is 22.4 Å². The molecule has 5 nitrogen and oxygen atoms in total. The van der Waals surface area contributed by atoms with E-state index >= 15 is 0 Å². The lowest BCUT2D eigenvalue weighted by atomic mass is 10.1. The molecule has 1 heterocycles. The minimum Gasteiger partial charge on any atom is -0.486 e. The molecule has 0 aliphatic carbocycles. The Morgan fingerprint density at radius 2 is 2.39 bits per heavy atom. The van der Waals surface area contributed by atoms with Crippen LogP contribution in [-0.2, 0) is 4.74 Å². The molecule has 1 aromatic rings. The Bertz CT molecular complexity index is 463. The number of halogens is 2. The standard InChI is InChI=1S/C11H11BrFNO4/c12-8-3-10(14(15)16)11(4-9(8)13)18-6-7-1-2-17-5-7/h3-4,7H,1-2,5-6H2. The monoisotopic (exact) mass is 319 g/mol. The zero-order valence-electron chi connectivity index (χ0n) is 9.40. The Balaban J connectivity index is 2.14. The average Bonchev–Trinajstić information content (AvgIpc) is 2.83. The zero-order valence-corrected chi connectivity index (χ0v) is 11.0. The van der Waals surface area contributed by atoms with Crippen LogP contribution in [0.4, 0.5) is 10.1 Å². The molecule has 0 bridgehead atoms. The van der Waals surface area contributed by atoms with Crippen molar-refractivity contribution in [1.82, 2.24) is 0 Å². The summed E-state index contributed by atoms with van der Waals surface area (Å²) in [6, 6.07) is 2.13. The number of hydrogen-bond acceptors (Lipinski definition) is 4. The highest BCUT2D eigenvalue weighted by molar-refractivity contribution is 9.10. The molecule has 98 valence electrons. The van der Waals surface area contributed by atoms with Crippen LogP contribution in [0, 0.1) is 21.8 Å². The van der Waals surface area contributed by atoms with Crippen molar-refractivity contribution in [2.45, 2.75) is 6.42 Å². The molecule has 1 unspecified atom stereocenters. The first-order valence-electron chi connectivity index (χ1n) is 5.42. The van der Waals surface area contributed by atoms with E-state index in [2.05, 4.69) is 15.9 Å². The number of nitro groups is 1. The first-order valence-corrected chi connectivity index (χ1v) is 6.21. The Morgan fingerprint density at radius 1 is 1.61 bits per heavy atom. The molecule has 0 aromatic heterocycles. The van der Waals surface area contributed by atoms with Crippen LogP contribution in [0.1, 0.15) is 6.42 Å². The molecule has 0 amide bonds. The number of nitrogens with zero attached hydrogens (tertiary/aromatic N) is 1. The third kappa shape index (κ3) is 2.97. The van der Waals surface area contributed by atoms with E-state index in [1.807, 2.05) is 0 Å². The van der Waals surface area contributed by atoms with Crippen LogP contribution in [-0.4, -0.2) is 24.7 Å². The molecule has 2 rings (SSSR count). The Morgan fingerprint density at radius 3 is 3.00 bits per heavy atom. The second-order valence-corrected chi connectivity index (χ2v) is 4.89. The van der Waals surface area contributed by atoms with Crippen molar-refractivity contribution in [3.8, 4) is 5.75 Å². The molecular formula is C11H11BrFNO4. The highest BCUT2D eigenvalue weighted by Crippen LogP contribution is 2.33. The van der Waals surface area contributed by atoms with Gasteiger partial charge in [-0.2, -0.15) is 0 Å². The van der Waals surface area contributed by atoms with Gasteiger partial charge in [0.05, 0.1) is 22.6 Å². The SMILES string of the molecule is O=[N+]([O-])c1cc(Br)c(F)cc1OCC1CCOC1. The van der Waals surface area contributed by atoms with Gasteiger partial charge in [0.1, 0.15) is 5.82 Å². The van der Waals surface area contributed by atoms with Crippen LogP contribution in [0.15, 0.2) is 16.6 Å². The number of ether oxygens (including phenoxy) is 2. The Kier molecular flexibility index (Phi) is 4.13. The van der Waals surface area contributed by atoms with Gasteiger partial charge >= 0.3 is 5.69 Å². The lowest BCUT2D eigenvalue weighted by molar-refractivity contribution is -0.386. The molecule has 0 spiro atoms. The third-order valence-corrected chi connectivity index (χ3v) is 3.30. The molecule has 1 saturated heterocycles. The van der Waals surface area contributed by atoms with Crippen molar-refractivity contribution in [1.29, 1.82) is 0 Å². The molecule has 7 heteroatoms. The van der Waals surface area contributed by atoms with Crippen LogP contribution < -0.4 is 4.74 Å². The quantitative estimate of drug-likeness (QED) is 0.632. The van der Waals surface area contributed by atoms with E-state index < -0.39 is 10.7 Å². The van der Waals surface area contributed by atoms with Gasteiger partial charge in [-0.25, -0.2) is 4.39 Å². The summed E-state index contributed by atoms with van der Waals surface area (Å²) in [7, 11) is 0. The van der Waals surface area contributed by atoms with Crippen LogP contribution in [0.3, 0.4) is 0 Å². The Hall–Kier alpha value is -1.21. The number of nitro benzene ring substituents is 1. The van der Waals surface area contributed by atoms with Crippen molar-refractivity contribution in [2.75, 3.05) is 19.8 Å². The van der Waals surface area contributed by atoms with Crippen molar-refractivity contribution in [3.63, 3.8) is 0 Å². The van der Waals surface area contributed by atoms with E-state index in [0.29, 0.717) is 19.8 Å². The molecule has 0 radical (unpaired) electrons. The number of rotatable bonds is 4. The topological polar surface area (TPSA) is 61.6 Å². The first kappa shape index (κ1) is 13.2. The van der Waals surface area contributed by atoms with Crippen molar-refractivity contribution >= 4 is 21.6 Å². The van der Waals surface area contributed by atoms with Gasteiger partial charge in [0.15, 0.2) is 5.75 Å². The smallest absolute Gasteiger partial charge is 0.312 e. The van der Waals surface area contributed by atoms with E-state index in [1.165, 1.54) is 0 Å². The summed E-state index contributed by atoms with van der Waals surface area (Å²) in [4.78, 5) is 10.2. The van der Waals surface area contributed by atoms with Gasteiger partial charge in [-0.1, -0.05) is 0 Å². The van der Waals surface area contributed by atoms with E-state index in [4.69, 9.17) is 9.47 Å². The molecule has 1 aromatic carbocycles. The second-order valence-electron chi connectivity index (χ2n) is 4.03. The molecule has 1 aliphatic rings. The van der Waals surface area contributed by atoms with Gasteiger partial charge in [0, 0.05) is 24.7 Å². The molecule has 0 saturated carbocycles. The lowest BCUT2D eigenvalue weighted by Gasteiger charge is -2.10. The minimum absolute atomic E-state index is 0.0470. The summed E-state index contributed by atoms with van der Waals surface area (Å²) < 4.78 is 23.9. The summed E-state index contributed by atoms with van der Waals surface area (Å²) in [5.74, 6) is -0.429. The maximum absolute atomic E-state index is 13.3. The van der Waals surface area contributed by atoms with E-state index in [0.717, 1.165) is 18.6 Å². The molecular weight excluding hydrogens is 309 g/mol. The molecule has 0 N–H and O–H groups in total. The van der Waals surface area contributed by atoms with E-state index in [1.54, 1.807) is 0 Å². The molecule has 18 heavy (non-hydrogen) atoms. The van der Waals surface area contributed by atoms with Gasteiger partial charge in [-0.15, -0.1) is 0 Å². The predicted molar refractivity (Wildman–Crippen MR) is 65.2 cm³/mol. The molecule has 1 atom stereocenters. The second kappa shape index (κ2) is 5.62. The average molecular weight is 320 g/mol. The minimum atomic E-state index is -0.593. The van der Waals surface area contributed by atoms with Crippen LogP contribution >= 0.6 is 15.9 Å². The summed E-state index contributed by atoms with van der Waals surface area (Å²) in [6.45, 7) is 1.54. The highest BCUT2D eigenvalue weighted by Gasteiger charge is 2.22. The predicted octanol–water partition coefficient (Wildman–Crippen LogP) is 2.91. The lowest BCUT2D eigenvalue weighted by Crippen LogP contribution is -2.12. The molecule has 1 fully saturated rings. The van der Waals surface area contributed by atoms with Crippen molar-refractivity contribution < 1.29 is 18.8 Å². The van der Waals surface area contributed by atoms with Gasteiger partial charge in [0.25, 0.3) is 0 Å². The van der Waals surface area contributed by atoms with Gasteiger partial charge in [0.2, 0.25) is 0 Å². The fourth-order valence-electron chi connectivity index (χ4n) is 1.70. The van der Waals surface area contributed by atoms with Crippen LogP contribution in [0.5, 0.6) is 5.75 Å². The molecule has 1 aliphatic heterocycles. The zero-order chi connectivity index (χ0) is 13.1. The fourth-order valence-corrected chi connectivity index (χ4v) is 2.03. The summed E-state index contributed by atoms with van der Waals surface area (Å²) in [5.41, 5.74) is -0.248. The van der Waals surface area contributed by atoms with Crippen LogP contribution in [0.25, 0.3) is 0 Å². The van der Waals surface area contributed by atoms with E-state index in [9.17, 15) is 14.5 Å². The first-order chi connectivity index (χ1) is 8.58. The summed E-state index contributed by atoms with van der Waals surface area (Å²) in [5, 5.41) is 10.8. The van der Waals surface area contributed by atoms with E-state index in [-0.39, 0.29) is 21.8 Å². The number of hydrogen-bond donors (Lipinski definition) is 0. The number of benzene rings is 1. The fraction of sp³-hybridized carbons (Fsp3) is 0.455. The third-order valence-electron chi connectivity index (χ3n) is 2.70. The van der Waals surface area contributed by atoms with Crippen LogP contribution in [0.2, 0.25) is 0 Å². The summed E-state index contributed by atoms with van der Waals surface area (Å²) >= 11 is 2.91. The largest absolute Gasteiger partial charge is 0.486 e. The van der Waals surface area contributed by atoms with Crippen molar-refractivity contribution in [2.24, 2.45) is 5.92 Å². The maximum Gasteiger partial charge on any atom is 0.312 e. The van der Waals surface area contributed by atoms with Gasteiger partial charge in [-0.3, -0.25) is 10.1 Å².